The fourth-order valence-electron chi connectivity index (χ4n) is 1.74. The number of hydrogen-bond acceptors (Lipinski definition) is 5. The van der Waals surface area contributed by atoms with Crippen LogP contribution in [-0.2, 0) is 23.0 Å². The molecule has 1 aromatic carbocycles. The molecular weight excluding hydrogens is 294 g/mol. The normalized spacial score (nSPS) is 11.7. The Hall–Kier alpha value is -1.28. The van der Waals surface area contributed by atoms with Crippen molar-refractivity contribution in [3.8, 4) is 0 Å². The van der Waals surface area contributed by atoms with Crippen molar-refractivity contribution in [2.45, 2.75) is 17.9 Å². The molecule has 2 rings (SSSR count). The monoisotopic (exact) mass is 311 g/mol. The molecule has 0 unspecified atom stereocenters. The van der Waals surface area contributed by atoms with E-state index in [-0.39, 0.29) is 4.90 Å². The minimum absolute atomic E-state index is 0.288. The molecule has 0 radical (unpaired) electrons. The smallest absolute Gasteiger partial charge is 0.240 e. The van der Waals surface area contributed by atoms with Gasteiger partial charge in [0.15, 0.2) is 0 Å². The summed E-state index contributed by atoms with van der Waals surface area (Å²) >= 11 is 1.52. The number of nitrogens with one attached hydrogen (secondary N) is 2. The summed E-state index contributed by atoms with van der Waals surface area (Å²) in [4.78, 5) is 4.41. The molecule has 0 aliphatic carbocycles. The van der Waals surface area contributed by atoms with Crippen LogP contribution in [0.15, 0.2) is 40.7 Å². The molecule has 0 aliphatic rings. The first-order valence-corrected chi connectivity index (χ1v) is 8.59. The number of thiazole rings is 1. The van der Waals surface area contributed by atoms with Crippen LogP contribution in [0.3, 0.4) is 0 Å². The van der Waals surface area contributed by atoms with Crippen molar-refractivity contribution in [3.05, 3.63) is 46.4 Å². The number of aromatic nitrogens is 1. The molecule has 0 bridgehead atoms. The molecule has 0 spiro atoms. The van der Waals surface area contributed by atoms with Crippen molar-refractivity contribution >= 4 is 21.4 Å². The van der Waals surface area contributed by atoms with E-state index in [4.69, 9.17) is 0 Å². The second-order valence-electron chi connectivity index (χ2n) is 4.25. The van der Waals surface area contributed by atoms with E-state index >= 15 is 0 Å². The number of nitrogens with zero attached hydrogens (tertiary/aromatic N) is 1. The molecule has 0 atom stereocenters. The summed E-state index contributed by atoms with van der Waals surface area (Å²) in [6.07, 6.45) is 2.32. The average molecular weight is 311 g/mol. The van der Waals surface area contributed by atoms with E-state index in [9.17, 15) is 8.42 Å². The van der Waals surface area contributed by atoms with Crippen LogP contribution >= 0.6 is 11.3 Å². The van der Waals surface area contributed by atoms with Crippen molar-refractivity contribution < 1.29 is 8.42 Å². The van der Waals surface area contributed by atoms with Gasteiger partial charge >= 0.3 is 0 Å². The summed E-state index contributed by atoms with van der Waals surface area (Å²) in [6.45, 7) is 1.08. The molecular formula is C13H17N3O2S2. The standard InChI is InChI=1S/C13H17N3O2S2/c1-14-10-11-2-4-12(5-3-11)20(17,18)16-7-6-13-15-8-9-19-13/h2-5,8-9,14,16H,6-7,10H2,1H3. The van der Waals surface area contributed by atoms with E-state index in [2.05, 4.69) is 15.0 Å². The van der Waals surface area contributed by atoms with E-state index in [1.165, 1.54) is 11.3 Å². The van der Waals surface area contributed by atoms with E-state index in [1.807, 2.05) is 24.6 Å². The second-order valence-corrected chi connectivity index (χ2v) is 6.99. The first-order chi connectivity index (χ1) is 9.62. The zero-order chi connectivity index (χ0) is 14.4. The first-order valence-electron chi connectivity index (χ1n) is 6.23. The Morgan fingerprint density at radius 2 is 2.00 bits per heavy atom. The largest absolute Gasteiger partial charge is 0.316 e. The number of hydrogen-bond donors (Lipinski definition) is 2. The highest BCUT2D eigenvalue weighted by atomic mass is 32.2. The quantitative estimate of drug-likeness (QED) is 0.810. The lowest BCUT2D eigenvalue weighted by molar-refractivity contribution is 0.581. The van der Waals surface area contributed by atoms with Crippen molar-refractivity contribution in [1.29, 1.82) is 0 Å². The Labute approximate surface area is 123 Å². The van der Waals surface area contributed by atoms with E-state index in [0.717, 1.165) is 17.1 Å². The third kappa shape index (κ3) is 4.11. The number of benzene rings is 1. The Kier molecular flexibility index (Phi) is 5.24. The predicted molar refractivity (Wildman–Crippen MR) is 80.2 cm³/mol. The van der Waals surface area contributed by atoms with Gasteiger partial charge in [-0.15, -0.1) is 11.3 Å². The Bertz CT molecular complexity index is 622. The summed E-state index contributed by atoms with van der Waals surface area (Å²) in [6, 6.07) is 6.87. The van der Waals surface area contributed by atoms with Gasteiger partial charge < -0.3 is 5.32 Å². The molecule has 108 valence electrons. The summed E-state index contributed by atoms with van der Waals surface area (Å²) in [5.41, 5.74) is 1.05. The molecule has 20 heavy (non-hydrogen) atoms. The lowest BCUT2D eigenvalue weighted by Gasteiger charge is -2.07. The van der Waals surface area contributed by atoms with Crippen LogP contribution in [-0.4, -0.2) is 27.0 Å². The van der Waals surface area contributed by atoms with Gasteiger partial charge in [-0.3, -0.25) is 0 Å². The van der Waals surface area contributed by atoms with Gasteiger partial charge in [-0.2, -0.15) is 0 Å². The van der Waals surface area contributed by atoms with Gasteiger partial charge in [-0.25, -0.2) is 18.1 Å². The number of sulfonamides is 1. The van der Waals surface area contributed by atoms with Gasteiger partial charge in [0.25, 0.3) is 0 Å². The van der Waals surface area contributed by atoms with Crippen LogP contribution < -0.4 is 10.0 Å². The molecule has 5 nitrogen and oxygen atoms in total. The van der Waals surface area contributed by atoms with Gasteiger partial charge in [-0.1, -0.05) is 12.1 Å². The van der Waals surface area contributed by atoms with Gasteiger partial charge in [0.05, 0.1) is 9.90 Å². The molecule has 0 aliphatic heterocycles. The molecule has 2 N–H and O–H groups in total. The minimum atomic E-state index is -3.44. The summed E-state index contributed by atoms with van der Waals surface area (Å²) < 4.78 is 26.8. The SMILES string of the molecule is CNCc1ccc(S(=O)(=O)NCCc2nccs2)cc1. The number of rotatable bonds is 7. The molecule has 7 heteroatoms. The minimum Gasteiger partial charge on any atom is -0.316 e. The van der Waals surface area contributed by atoms with Gasteiger partial charge in [0.2, 0.25) is 10.0 Å². The highest BCUT2D eigenvalue weighted by molar-refractivity contribution is 7.89. The highest BCUT2D eigenvalue weighted by Gasteiger charge is 2.13. The van der Waals surface area contributed by atoms with Crippen LogP contribution in [0.25, 0.3) is 0 Å². The van der Waals surface area contributed by atoms with Crippen LogP contribution in [0, 0.1) is 0 Å². The molecule has 0 fully saturated rings. The fraction of sp³-hybridized carbons (Fsp3) is 0.308. The summed E-state index contributed by atoms with van der Waals surface area (Å²) in [5, 5.41) is 5.83. The van der Waals surface area contributed by atoms with E-state index < -0.39 is 10.0 Å². The Morgan fingerprint density at radius 1 is 1.25 bits per heavy atom. The first kappa shape index (κ1) is 15.1. The molecule has 2 aromatic rings. The maximum absolute atomic E-state index is 12.1. The summed E-state index contributed by atoms with van der Waals surface area (Å²) in [5.74, 6) is 0. The zero-order valence-corrected chi connectivity index (χ0v) is 12.8. The van der Waals surface area contributed by atoms with Crippen molar-refractivity contribution in [2.75, 3.05) is 13.6 Å². The zero-order valence-electron chi connectivity index (χ0n) is 11.2. The lowest BCUT2D eigenvalue weighted by Crippen LogP contribution is -2.26. The second kappa shape index (κ2) is 6.94. The molecule has 0 saturated carbocycles. The van der Waals surface area contributed by atoms with Crippen LogP contribution in [0.2, 0.25) is 0 Å². The van der Waals surface area contributed by atoms with Crippen LogP contribution in [0.5, 0.6) is 0 Å². The van der Waals surface area contributed by atoms with Crippen molar-refractivity contribution in [2.24, 2.45) is 0 Å². The third-order valence-electron chi connectivity index (χ3n) is 2.73. The highest BCUT2D eigenvalue weighted by Crippen LogP contribution is 2.11. The van der Waals surface area contributed by atoms with Gasteiger partial charge in [-0.05, 0) is 24.7 Å². The fourth-order valence-corrected chi connectivity index (χ4v) is 3.39. The molecule has 1 heterocycles. The van der Waals surface area contributed by atoms with Gasteiger partial charge in [0.1, 0.15) is 0 Å². The predicted octanol–water partition coefficient (Wildman–Crippen LogP) is 1.38. The Balaban J connectivity index is 1.95. The van der Waals surface area contributed by atoms with Crippen LogP contribution in [0.4, 0.5) is 0 Å². The van der Waals surface area contributed by atoms with Crippen LogP contribution in [0.1, 0.15) is 10.6 Å². The third-order valence-corrected chi connectivity index (χ3v) is 5.05. The molecule has 0 amide bonds. The van der Waals surface area contributed by atoms with Crippen molar-refractivity contribution in [3.63, 3.8) is 0 Å². The molecule has 1 aromatic heterocycles. The molecule has 0 saturated heterocycles. The Morgan fingerprint density at radius 3 is 2.60 bits per heavy atom. The maximum atomic E-state index is 12.1. The van der Waals surface area contributed by atoms with Crippen molar-refractivity contribution in [1.82, 2.24) is 15.0 Å². The lowest BCUT2D eigenvalue weighted by atomic mass is 10.2. The average Bonchev–Trinajstić information content (AvgIpc) is 2.93. The summed E-state index contributed by atoms with van der Waals surface area (Å²) in [7, 11) is -1.59. The van der Waals surface area contributed by atoms with E-state index in [0.29, 0.717) is 13.0 Å². The van der Waals surface area contributed by atoms with E-state index in [1.54, 1.807) is 18.3 Å². The maximum Gasteiger partial charge on any atom is 0.240 e. The topological polar surface area (TPSA) is 71.1 Å². The van der Waals surface area contributed by atoms with Gasteiger partial charge in [0, 0.05) is 31.1 Å².